The quantitative estimate of drug-likeness (QED) is 0.827. The standard InChI is InChI=1S/C17H21ClN2O2S/c18-13-3-1-12(2-4-13)16(21)10-23-11-17(22)20-8-7-14-5-6-15(9-20)19-14/h1-4,14-15,19H,5-11H2. The van der Waals surface area contributed by atoms with Crippen LogP contribution in [-0.4, -0.2) is 53.3 Å². The van der Waals surface area contributed by atoms with Gasteiger partial charge < -0.3 is 10.2 Å². The molecule has 1 aromatic carbocycles. The molecule has 2 atom stereocenters. The van der Waals surface area contributed by atoms with Gasteiger partial charge in [0.25, 0.3) is 0 Å². The van der Waals surface area contributed by atoms with Crippen molar-refractivity contribution in [1.29, 1.82) is 0 Å². The number of benzene rings is 1. The van der Waals surface area contributed by atoms with E-state index in [1.54, 1.807) is 24.3 Å². The van der Waals surface area contributed by atoms with Gasteiger partial charge in [-0.3, -0.25) is 9.59 Å². The molecular formula is C17H21ClN2O2S. The third kappa shape index (κ3) is 4.49. The summed E-state index contributed by atoms with van der Waals surface area (Å²) < 4.78 is 0. The second-order valence-corrected chi connectivity index (χ2v) is 7.61. The van der Waals surface area contributed by atoms with Gasteiger partial charge in [-0.2, -0.15) is 0 Å². The van der Waals surface area contributed by atoms with Gasteiger partial charge in [0.05, 0.1) is 11.5 Å². The summed E-state index contributed by atoms with van der Waals surface area (Å²) in [5.41, 5.74) is 0.644. The van der Waals surface area contributed by atoms with Gasteiger partial charge in [-0.1, -0.05) is 11.6 Å². The van der Waals surface area contributed by atoms with Crippen molar-refractivity contribution in [3.05, 3.63) is 34.9 Å². The lowest BCUT2D eigenvalue weighted by atomic mass is 10.1. The highest BCUT2D eigenvalue weighted by atomic mass is 35.5. The van der Waals surface area contributed by atoms with Gasteiger partial charge in [0, 0.05) is 35.8 Å². The number of fused-ring (bicyclic) bond motifs is 2. The summed E-state index contributed by atoms with van der Waals surface area (Å²) in [6.07, 6.45) is 3.43. The third-order valence-electron chi connectivity index (χ3n) is 4.50. The lowest BCUT2D eigenvalue weighted by molar-refractivity contribution is -0.128. The number of nitrogens with zero attached hydrogens (tertiary/aromatic N) is 1. The Hall–Kier alpha value is -1.04. The average Bonchev–Trinajstić information content (AvgIpc) is 2.86. The van der Waals surface area contributed by atoms with Gasteiger partial charge in [-0.15, -0.1) is 11.8 Å². The number of thioether (sulfide) groups is 1. The van der Waals surface area contributed by atoms with Crippen LogP contribution >= 0.6 is 23.4 Å². The zero-order valence-electron chi connectivity index (χ0n) is 13.0. The Bertz CT molecular complexity index is 578. The van der Waals surface area contributed by atoms with Crippen LogP contribution in [0.5, 0.6) is 0 Å². The fraction of sp³-hybridized carbons (Fsp3) is 0.529. The second-order valence-electron chi connectivity index (χ2n) is 6.19. The van der Waals surface area contributed by atoms with E-state index in [0.717, 1.165) is 25.9 Å². The molecule has 0 aliphatic carbocycles. The first kappa shape index (κ1) is 16.8. The average molecular weight is 353 g/mol. The topological polar surface area (TPSA) is 49.4 Å². The van der Waals surface area contributed by atoms with Gasteiger partial charge in [0.15, 0.2) is 5.78 Å². The summed E-state index contributed by atoms with van der Waals surface area (Å²) in [6.45, 7) is 1.64. The lowest BCUT2D eigenvalue weighted by Gasteiger charge is -2.24. The van der Waals surface area contributed by atoms with Gasteiger partial charge >= 0.3 is 0 Å². The first-order chi connectivity index (χ1) is 11.1. The van der Waals surface area contributed by atoms with E-state index in [0.29, 0.717) is 34.2 Å². The number of likely N-dealkylation sites (tertiary alicyclic amines) is 1. The molecule has 0 spiro atoms. The third-order valence-corrected chi connectivity index (χ3v) is 5.67. The van der Waals surface area contributed by atoms with Crippen molar-refractivity contribution >= 4 is 35.1 Å². The summed E-state index contributed by atoms with van der Waals surface area (Å²) in [4.78, 5) is 26.4. The number of rotatable bonds is 5. The summed E-state index contributed by atoms with van der Waals surface area (Å²) in [5, 5.41) is 4.19. The summed E-state index contributed by atoms with van der Waals surface area (Å²) in [7, 11) is 0. The molecule has 2 saturated heterocycles. The van der Waals surface area contributed by atoms with Crippen molar-refractivity contribution < 1.29 is 9.59 Å². The maximum absolute atomic E-state index is 12.3. The zero-order valence-corrected chi connectivity index (χ0v) is 14.5. The number of nitrogens with one attached hydrogen (secondary N) is 1. The first-order valence-electron chi connectivity index (χ1n) is 8.02. The van der Waals surface area contributed by atoms with E-state index >= 15 is 0 Å². The molecule has 0 aromatic heterocycles. The van der Waals surface area contributed by atoms with Crippen molar-refractivity contribution in [3.63, 3.8) is 0 Å². The van der Waals surface area contributed by atoms with Gasteiger partial charge in [-0.25, -0.2) is 0 Å². The van der Waals surface area contributed by atoms with Crippen molar-refractivity contribution in [2.45, 2.75) is 31.3 Å². The predicted octanol–water partition coefficient (Wildman–Crippen LogP) is 2.61. The molecule has 124 valence electrons. The molecule has 2 fully saturated rings. The van der Waals surface area contributed by atoms with E-state index in [1.807, 2.05) is 4.90 Å². The minimum Gasteiger partial charge on any atom is -0.340 e. The van der Waals surface area contributed by atoms with Crippen molar-refractivity contribution in [3.8, 4) is 0 Å². The van der Waals surface area contributed by atoms with Gasteiger partial charge in [0.1, 0.15) is 0 Å². The minimum absolute atomic E-state index is 0.0380. The molecule has 1 amide bonds. The van der Waals surface area contributed by atoms with E-state index in [1.165, 1.54) is 18.2 Å². The van der Waals surface area contributed by atoms with Crippen LogP contribution in [0.2, 0.25) is 5.02 Å². The van der Waals surface area contributed by atoms with Crippen molar-refractivity contribution in [2.75, 3.05) is 24.6 Å². The molecule has 1 N–H and O–H groups in total. The van der Waals surface area contributed by atoms with Crippen LogP contribution in [0.4, 0.5) is 0 Å². The second kappa shape index (κ2) is 7.69. The zero-order chi connectivity index (χ0) is 16.2. The molecule has 4 nitrogen and oxygen atoms in total. The van der Waals surface area contributed by atoms with Crippen LogP contribution < -0.4 is 5.32 Å². The molecule has 2 aliphatic rings. The predicted molar refractivity (Wildman–Crippen MR) is 94.3 cm³/mol. The Kier molecular flexibility index (Phi) is 5.62. The normalized spacial score (nSPS) is 23.6. The highest BCUT2D eigenvalue weighted by Crippen LogP contribution is 2.21. The van der Waals surface area contributed by atoms with Crippen LogP contribution in [-0.2, 0) is 4.79 Å². The first-order valence-corrected chi connectivity index (χ1v) is 9.55. The van der Waals surface area contributed by atoms with Gasteiger partial charge in [-0.05, 0) is 43.5 Å². The molecule has 0 saturated carbocycles. The highest BCUT2D eigenvalue weighted by molar-refractivity contribution is 8.00. The van der Waals surface area contributed by atoms with Crippen LogP contribution in [0.3, 0.4) is 0 Å². The summed E-state index contributed by atoms with van der Waals surface area (Å²) >= 11 is 7.21. The minimum atomic E-state index is 0.0380. The Morgan fingerprint density at radius 2 is 1.87 bits per heavy atom. The van der Waals surface area contributed by atoms with E-state index in [2.05, 4.69) is 5.32 Å². The molecular weight excluding hydrogens is 332 g/mol. The lowest BCUT2D eigenvalue weighted by Crippen LogP contribution is -2.40. The molecule has 23 heavy (non-hydrogen) atoms. The van der Waals surface area contributed by atoms with Crippen LogP contribution in [0, 0.1) is 0 Å². The fourth-order valence-corrected chi connectivity index (χ4v) is 4.15. The molecule has 2 bridgehead atoms. The number of amides is 1. The van der Waals surface area contributed by atoms with E-state index in [9.17, 15) is 9.59 Å². The summed E-state index contributed by atoms with van der Waals surface area (Å²) in [5.74, 6) is 0.881. The van der Waals surface area contributed by atoms with Crippen LogP contribution in [0.15, 0.2) is 24.3 Å². The monoisotopic (exact) mass is 352 g/mol. The molecule has 3 rings (SSSR count). The molecule has 2 unspecified atom stereocenters. The Morgan fingerprint density at radius 1 is 1.13 bits per heavy atom. The Balaban J connectivity index is 1.44. The molecule has 0 radical (unpaired) electrons. The van der Waals surface area contributed by atoms with E-state index in [4.69, 9.17) is 11.6 Å². The van der Waals surface area contributed by atoms with Crippen LogP contribution in [0.25, 0.3) is 0 Å². The number of carbonyl (C=O) groups excluding carboxylic acids is 2. The largest absolute Gasteiger partial charge is 0.340 e. The van der Waals surface area contributed by atoms with Gasteiger partial charge in [0.2, 0.25) is 5.91 Å². The molecule has 2 heterocycles. The van der Waals surface area contributed by atoms with Crippen LogP contribution in [0.1, 0.15) is 29.6 Å². The number of halogens is 1. The molecule has 2 aliphatic heterocycles. The fourth-order valence-electron chi connectivity index (χ4n) is 3.21. The van der Waals surface area contributed by atoms with E-state index in [-0.39, 0.29) is 11.7 Å². The number of hydrogen-bond acceptors (Lipinski definition) is 4. The summed E-state index contributed by atoms with van der Waals surface area (Å²) in [6, 6.07) is 7.91. The molecule has 6 heteroatoms. The number of Topliss-reactive ketones (excluding diaryl/α,β-unsaturated/α-hetero) is 1. The number of hydrogen-bond donors (Lipinski definition) is 1. The molecule has 1 aromatic rings. The van der Waals surface area contributed by atoms with Crippen molar-refractivity contribution in [1.82, 2.24) is 10.2 Å². The number of carbonyl (C=O) groups is 2. The Morgan fingerprint density at radius 3 is 2.65 bits per heavy atom. The highest BCUT2D eigenvalue weighted by Gasteiger charge is 2.30. The smallest absolute Gasteiger partial charge is 0.232 e. The van der Waals surface area contributed by atoms with E-state index < -0.39 is 0 Å². The number of ketones is 1. The maximum atomic E-state index is 12.3. The Labute approximate surface area is 145 Å². The SMILES string of the molecule is O=C(CSCC(=O)N1CCC2CCC(C1)N2)c1ccc(Cl)cc1. The maximum Gasteiger partial charge on any atom is 0.232 e. The van der Waals surface area contributed by atoms with Crippen molar-refractivity contribution in [2.24, 2.45) is 0 Å².